The molecule has 1 aromatic carbocycles. The summed E-state index contributed by atoms with van der Waals surface area (Å²) < 4.78 is 16.3. The molecular formula is C20H27N3O4. The Bertz CT molecular complexity index is 781. The molecule has 1 fully saturated rings. The number of amides is 1. The van der Waals surface area contributed by atoms with Gasteiger partial charge in [0.1, 0.15) is 5.75 Å². The number of hydrogen-bond acceptors (Lipinski definition) is 6. The van der Waals surface area contributed by atoms with E-state index in [1.165, 1.54) is 5.56 Å². The van der Waals surface area contributed by atoms with Gasteiger partial charge in [0.05, 0.1) is 7.11 Å². The number of nitrogens with zero attached hydrogens (tertiary/aromatic N) is 2. The third-order valence-electron chi connectivity index (χ3n) is 5.14. The van der Waals surface area contributed by atoms with E-state index in [9.17, 15) is 4.79 Å². The van der Waals surface area contributed by atoms with E-state index < -0.39 is 0 Å². The van der Waals surface area contributed by atoms with Gasteiger partial charge in [0.2, 0.25) is 11.8 Å². The maximum absolute atomic E-state index is 12.4. The fourth-order valence-corrected chi connectivity index (χ4v) is 3.56. The van der Waals surface area contributed by atoms with E-state index in [1.54, 1.807) is 14.0 Å². The van der Waals surface area contributed by atoms with Crippen LogP contribution in [0.3, 0.4) is 0 Å². The summed E-state index contributed by atoms with van der Waals surface area (Å²) in [5.74, 6) is 1.91. The normalized spacial score (nSPS) is 16.1. The van der Waals surface area contributed by atoms with Crippen LogP contribution in [-0.2, 0) is 21.4 Å². The lowest BCUT2D eigenvalue weighted by Gasteiger charge is -2.38. The van der Waals surface area contributed by atoms with Crippen LogP contribution in [0.4, 0.5) is 0 Å². The van der Waals surface area contributed by atoms with E-state index in [1.807, 2.05) is 12.1 Å². The molecule has 0 radical (unpaired) electrons. The van der Waals surface area contributed by atoms with E-state index in [2.05, 4.69) is 28.4 Å². The lowest BCUT2D eigenvalue weighted by molar-refractivity contribution is -0.121. The van der Waals surface area contributed by atoms with E-state index in [0.717, 1.165) is 24.2 Å². The average molecular weight is 373 g/mol. The summed E-state index contributed by atoms with van der Waals surface area (Å²) in [6.07, 6.45) is 2.45. The largest absolute Gasteiger partial charge is 0.496 e. The lowest BCUT2D eigenvalue weighted by atomic mass is 9.73. The van der Waals surface area contributed by atoms with Crippen molar-refractivity contribution in [1.29, 1.82) is 0 Å². The molecule has 27 heavy (non-hydrogen) atoms. The molecule has 3 rings (SSSR count). The molecule has 1 amide bonds. The Kier molecular flexibility index (Phi) is 6.11. The van der Waals surface area contributed by atoms with Gasteiger partial charge in [-0.15, -0.1) is 0 Å². The minimum Gasteiger partial charge on any atom is -0.496 e. The Morgan fingerprint density at radius 1 is 1.30 bits per heavy atom. The number of aromatic nitrogens is 2. The number of nitrogens with one attached hydrogen (secondary N) is 1. The van der Waals surface area contributed by atoms with Crippen molar-refractivity contribution in [3.05, 3.63) is 41.0 Å². The number of benzene rings is 1. The summed E-state index contributed by atoms with van der Waals surface area (Å²) >= 11 is 0. The summed E-state index contributed by atoms with van der Waals surface area (Å²) in [5.41, 5.74) is 2.13. The van der Waals surface area contributed by atoms with Crippen molar-refractivity contribution in [2.24, 2.45) is 0 Å². The summed E-state index contributed by atoms with van der Waals surface area (Å²) in [6.45, 7) is 5.73. The van der Waals surface area contributed by atoms with E-state index >= 15 is 0 Å². The van der Waals surface area contributed by atoms with Crippen molar-refractivity contribution in [1.82, 2.24) is 15.5 Å². The molecule has 1 aromatic heterocycles. The minimum absolute atomic E-state index is 0.0247. The predicted molar refractivity (Wildman–Crippen MR) is 99.8 cm³/mol. The highest BCUT2D eigenvalue weighted by atomic mass is 16.5. The van der Waals surface area contributed by atoms with E-state index in [-0.39, 0.29) is 11.3 Å². The fraction of sp³-hybridized carbons (Fsp3) is 0.550. The molecule has 0 unspecified atom stereocenters. The molecule has 2 heterocycles. The lowest BCUT2D eigenvalue weighted by Crippen LogP contribution is -2.45. The number of carbonyl (C=O) groups excluding carboxylic acids is 1. The zero-order valence-electron chi connectivity index (χ0n) is 16.2. The highest BCUT2D eigenvalue weighted by molar-refractivity contribution is 5.76. The zero-order valence-corrected chi connectivity index (χ0v) is 16.2. The Balaban J connectivity index is 1.70. The standard InChI is InChI=1S/C20H27N3O4/c1-14-4-5-17(25-3)16(12-14)20(8-10-26-11-9-20)13-21-18(24)6-7-19-22-15(2)23-27-19/h4-5,12H,6-11,13H2,1-3H3,(H,21,24). The molecule has 146 valence electrons. The molecular weight excluding hydrogens is 346 g/mol. The van der Waals surface area contributed by atoms with E-state index in [0.29, 0.717) is 44.3 Å². The van der Waals surface area contributed by atoms with Gasteiger partial charge in [0.15, 0.2) is 5.82 Å². The van der Waals surface area contributed by atoms with Crippen LogP contribution in [0.5, 0.6) is 5.75 Å². The average Bonchev–Trinajstić information content (AvgIpc) is 3.10. The molecule has 0 bridgehead atoms. The van der Waals surface area contributed by atoms with Crippen molar-refractivity contribution in [2.45, 2.75) is 44.9 Å². The number of rotatable bonds is 7. The number of methoxy groups -OCH3 is 1. The Morgan fingerprint density at radius 3 is 2.74 bits per heavy atom. The number of hydrogen-bond donors (Lipinski definition) is 1. The molecule has 2 aromatic rings. The van der Waals surface area contributed by atoms with Gasteiger partial charge in [-0.05, 0) is 32.8 Å². The molecule has 7 nitrogen and oxygen atoms in total. The molecule has 1 N–H and O–H groups in total. The smallest absolute Gasteiger partial charge is 0.227 e. The minimum atomic E-state index is -0.188. The van der Waals surface area contributed by atoms with Crippen LogP contribution in [-0.4, -0.2) is 42.9 Å². The van der Waals surface area contributed by atoms with Crippen LogP contribution < -0.4 is 10.1 Å². The second-order valence-corrected chi connectivity index (χ2v) is 7.11. The van der Waals surface area contributed by atoms with E-state index in [4.69, 9.17) is 14.0 Å². The van der Waals surface area contributed by atoms with Crippen LogP contribution in [0.2, 0.25) is 0 Å². The second kappa shape index (κ2) is 8.52. The van der Waals surface area contributed by atoms with Gasteiger partial charge in [0.25, 0.3) is 0 Å². The summed E-state index contributed by atoms with van der Waals surface area (Å²) in [6, 6.07) is 6.21. The Hall–Kier alpha value is -2.41. The fourth-order valence-electron chi connectivity index (χ4n) is 3.56. The highest BCUT2D eigenvalue weighted by Gasteiger charge is 2.37. The molecule has 1 saturated heterocycles. The first-order valence-corrected chi connectivity index (χ1v) is 9.31. The molecule has 0 saturated carbocycles. The predicted octanol–water partition coefficient (Wildman–Crippen LogP) is 2.49. The molecule has 0 aliphatic carbocycles. The number of aryl methyl sites for hydroxylation is 3. The molecule has 7 heteroatoms. The second-order valence-electron chi connectivity index (χ2n) is 7.11. The molecule has 0 atom stereocenters. The topological polar surface area (TPSA) is 86.5 Å². The van der Waals surface area contributed by atoms with Crippen LogP contribution in [0.1, 0.15) is 42.1 Å². The first-order chi connectivity index (χ1) is 13.0. The van der Waals surface area contributed by atoms with Gasteiger partial charge in [-0.1, -0.05) is 22.9 Å². The summed E-state index contributed by atoms with van der Waals surface area (Å²) in [5, 5.41) is 6.85. The SMILES string of the molecule is COc1ccc(C)cc1C1(CNC(=O)CCc2nc(C)no2)CCOCC1. The van der Waals surface area contributed by atoms with Crippen LogP contribution >= 0.6 is 0 Å². The van der Waals surface area contributed by atoms with Crippen molar-refractivity contribution in [3.8, 4) is 5.75 Å². The number of carbonyl (C=O) groups is 1. The molecule has 1 aliphatic heterocycles. The Morgan fingerprint density at radius 2 is 2.07 bits per heavy atom. The first kappa shape index (κ1) is 19.4. The molecule has 1 aliphatic rings. The van der Waals surface area contributed by atoms with Gasteiger partial charge in [0, 0.05) is 43.6 Å². The van der Waals surface area contributed by atoms with Crippen molar-refractivity contribution < 1.29 is 18.8 Å². The van der Waals surface area contributed by atoms with Gasteiger partial charge < -0.3 is 19.3 Å². The quantitative estimate of drug-likeness (QED) is 0.802. The van der Waals surface area contributed by atoms with Gasteiger partial charge in [-0.25, -0.2) is 0 Å². The summed E-state index contributed by atoms with van der Waals surface area (Å²) in [4.78, 5) is 16.5. The van der Waals surface area contributed by atoms with Crippen LogP contribution in [0, 0.1) is 13.8 Å². The maximum Gasteiger partial charge on any atom is 0.227 e. The first-order valence-electron chi connectivity index (χ1n) is 9.31. The Labute approximate surface area is 159 Å². The zero-order chi connectivity index (χ0) is 19.3. The summed E-state index contributed by atoms with van der Waals surface area (Å²) in [7, 11) is 1.69. The number of ether oxygens (including phenoxy) is 2. The van der Waals surface area contributed by atoms with Crippen LogP contribution in [0.15, 0.2) is 22.7 Å². The van der Waals surface area contributed by atoms with Gasteiger partial charge in [-0.2, -0.15) is 4.98 Å². The highest BCUT2D eigenvalue weighted by Crippen LogP contribution is 2.40. The van der Waals surface area contributed by atoms with Crippen molar-refractivity contribution in [3.63, 3.8) is 0 Å². The van der Waals surface area contributed by atoms with Gasteiger partial charge >= 0.3 is 0 Å². The van der Waals surface area contributed by atoms with Gasteiger partial charge in [-0.3, -0.25) is 4.79 Å². The monoisotopic (exact) mass is 373 g/mol. The van der Waals surface area contributed by atoms with Crippen molar-refractivity contribution >= 4 is 5.91 Å². The van der Waals surface area contributed by atoms with Crippen LogP contribution in [0.25, 0.3) is 0 Å². The molecule has 0 spiro atoms. The third-order valence-corrected chi connectivity index (χ3v) is 5.14. The maximum atomic E-state index is 12.4. The third kappa shape index (κ3) is 4.66. The van der Waals surface area contributed by atoms with Crippen molar-refractivity contribution in [2.75, 3.05) is 26.9 Å².